The first-order chi connectivity index (χ1) is 11.7. The summed E-state index contributed by atoms with van der Waals surface area (Å²) in [5.74, 6) is 1.62. The van der Waals surface area contributed by atoms with Crippen LogP contribution in [-0.4, -0.2) is 61.1 Å². The van der Waals surface area contributed by atoms with Gasteiger partial charge in [0.05, 0.1) is 5.69 Å². The molecule has 0 spiro atoms. The SMILES string of the molecule is CCN(CC)C[C@H]1CN2CC[C@H]1C[C@@H]2CNC(=O)Nc1ccsc1. The van der Waals surface area contributed by atoms with E-state index in [2.05, 4.69) is 34.3 Å². The van der Waals surface area contributed by atoms with Gasteiger partial charge in [0.2, 0.25) is 0 Å². The number of rotatable bonds is 7. The number of thiophene rings is 1. The van der Waals surface area contributed by atoms with Crippen molar-refractivity contribution in [2.75, 3.05) is 44.6 Å². The van der Waals surface area contributed by atoms with Crippen molar-refractivity contribution in [3.05, 3.63) is 16.8 Å². The van der Waals surface area contributed by atoms with Gasteiger partial charge in [-0.25, -0.2) is 4.79 Å². The second kappa shape index (κ2) is 8.32. The van der Waals surface area contributed by atoms with Gasteiger partial charge in [-0.1, -0.05) is 13.8 Å². The molecule has 4 atom stereocenters. The lowest BCUT2D eigenvalue weighted by molar-refractivity contribution is -0.00977. The minimum atomic E-state index is -0.0873. The molecule has 4 rings (SSSR count). The zero-order chi connectivity index (χ0) is 16.9. The number of piperidine rings is 3. The zero-order valence-electron chi connectivity index (χ0n) is 14.8. The lowest BCUT2D eigenvalue weighted by atomic mass is 9.75. The Hall–Kier alpha value is -1.11. The summed E-state index contributed by atoms with van der Waals surface area (Å²) in [5.41, 5.74) is 0.877. The molecule has 0 radical (unpaired) electrons. The molecule has 0 aromatic carbocycles. The molecule has 24 heavy (non-hydrogen) atoms. The largest absolute Gasteiger partial charge is 0.336 e. The van der Waals surface area contributed by atoms with Gasteiger partial charge in [0.15, 0.2) is 0 Å². The molecule has 1 aromatic heterocycles. The molecule has 3 aliphatic heterocycles. The van der Waals surface area contributed by atoms with Crippen LogP contribution in [0, 0.1) is 11.8 Å². The second-order valence-corrected chi connectivity index (χ2v) is 7.81. The molecule has 134 valence electrons. The predicted molar refractivity (Wildman–Crippen MR) is 101 cm³/mol. The van der Waals surface area contributed by atoms with Crippen LogP contribution in [0.1, 0.15) is 26.7 Å². The first kappa shape index (κ1) is 17.7. The van der Waals surface area contributed by atoms with Crippen LogP contribution in [-0.2, 0) is 0 Å². The van der Waals surface area contributed by atoms with Crippen LogP contribution < -0.4 is 10.6 Å². The highest BCUT2D eigenvalue weighted by molar-refractivity contribution is 7.08. The highest BCUT2D eigenvalue weighted by atomic mass is 32.1. The third kappa shape index (κ3) is 4.29. The fourth-order valence-corrected chi connectivity index (χ4v) is 4.79. The summed E-state index contributed by atoms with van der Waals surface area (Å²) in [6.07, 6.45) is 2.55. The molecule has 1 unspecified atom stereocenters. The van der Waals surface area contributed by atoms with E-state index in [1.165, 1.54) is 32.5 Å². The second-order valence-electron chi connectivity index (χ2n) is 7.03. The zero-order valence-corrected chi connectivity index (χ0v) is 15.6. The lowest BCUT2D eigenvalue weighted by Crippen LogP contribution is -2.58. The Morgan fingerprint density at radius 2 is 2.25 bits per heavy atom. The lowest BCUT2D eigenvalue weighted by Gasteiger charge is -2.50. The number of urea groups is 1. The molecule has 1 aromatic rings. The third-order valence-corrected chi connectivity index (χ3v) is 6.36. The highest BCUT2D eigenvalue weighted by Crippen LogP contribution is 2.36. The van der Waals surface area contributed by atoms with Crippen LogP contribution in [0.25, 0.3) is 0 Å². The van der Waals surface area contributed by atoms with Crippen molar-refractivity contribution >= 4 is 23.1 Å². The quantitative estimate of drug-likeness (QED) is 0.795. The summed E-state index contributed by atoms with van der Waals surface area (Å²) < 4.78 is 0. The van der Waals surface area contributed by atoms with Gasteiger partial charge >= 0.3 is 6.03 Å². The summed E-state index contributed by atoms with van der Waals surface area (Å²) in [5, 5.41) is 9.86. The van der Waals surface area contributed by atoms with Crippen LogP contribution in [0.3, 0.4) is 0 Å². The summed E-state index contributed by atoms with van der Waals surface area (Å²) in [6.45, 7) is 11.2. The number of amides is 2. The molecule has 0 saturated carbocycles. The monoisotopic (exact) mass is 350 g/mol. The van der Waals surface area contributed by atoms with Gasteiger partial charge < -0.3 is 15.5 Å². The van der Waals surface area contributed by atoms with Crippen molar-refractivity contribution in [2.24, 2.45) is 11.8 Å². The fourth-order valence-electron chi connectivity index (χ4n) is 4.20. The summed E-state index contributed by atoms with van der Waals surface area (Å²) in [7, 11) is 0. The Labute approximate surface area is 149 Å². The highest BCUT2D eigenvalue weighted by Gasteiger charge is 2.40. The number of carbonyl (C=O) groups is 1. The fraction of sp³-hybridized carbons (Fsp3) is 0.722. The molecule has 2 bridgehead atoms. The molecule has 2 N–H and O–H groups in total. The summed E-state index contributed by atoms with van der Waals surface area (Å²) >= 11 is 1.59. The van der Waals surface area contributed by atoms with Gasteiger partial charge in [-0.15, -0.1) is 0 Å². The molecular weight excluding hydrogens is 320 g/mol. The van der Waals surface area contributed by atoms with E-state index in [4.69, 9.17) is 0 Å². The number of nitrogens with zero attached hydrogens (tertiary/aromatic N) is 2. The average Bonchev–Trinajstić information content (AvgIpc) is 3.11. The molecule has 6 heteroatoms. The summed E-state index contributed by atoms with van der Waals surface area (Å²) in [4.78, 5) is 17.1. The normalized spacial score (nSPS) is 29.0. The van der Waals surface area contributed by atoms with Crippen molar-refractivity contribution in [3.8, 4) is 0 Å². The van der Waals surface area contributed by atoms with Gasteiger partial charge in [-0.2, -0.15) is 11.3 Å². The van der Waals surface area contributed by atoms with Crippen molar-refractivity contribution in [1.29, 1.82) is 0 Å². The van der Waals surface area contributed by atoms with Gasteiger partial charge in [-0.3, -0.25) is 4.90 Å². The van der Waals surface area contributed by atoms with Crippen molar-refractivity contribution in [3.63, 3.8) is 0 Å². The minimum Gasteiger partial charge on any atom is -0.336 e. The van der Waals surface area contributed by atoms with E-state index in [9.17, 15) is 4.79 Å². The Morgan fingerprint density at radius 1 is 1.42 bits per heavy atom. The predicted octanol–water partition coefficient (Wildman–Crippen LogP) is 2.92. The van der Waals surface area contributed by atoms with Crippen molar-refractivity contribution in [2.45, 2.75) is 32.7 Å². The van der Waals surface area contributed by atoms with E-state index < -0.39 is 0 Å². The number of hydrogen-bond acceptors (Lipinski definition) is 4. The van der Waals surface area contributed by atoms with E-state index >= 15 is 0 Å². The van der Waals surface area contributed by atoms with Crippen LogP contribution in [0.5, 0.6) is 0 Å². The van der Waals surface area contributed by atoms with E-state index in [1.54, 1.807) is 11.3 Å². The van der Waals surface area contributed by atoms with Crippen LogP contribution >= 0.6 is 11.3 Å². The molecule has 3 fully saturated rings. The molecule has 4 heterocycles. The Bertz CT molecular complexity index is 517. The van der Waals surface area contributed by atoms with Crippen molar-refractivity contribution < 1.29 is 4.79 Å². The smallest absolute Gasteiger partial charge is 0.319 e. The Balaban J connectivity index is 1.45. The van der Waals surface area contributed by atoms with E-state index in [0.29, 0.717) is 6.04 Å². The van der Waals surface area contributed by atoms with E-state index in [-0.39, 0.29) is 6.03 Å². The molecule has 2 amide bonds. The number of nitrogens with one attached hydrogen (secondary N) is 2. The molecule has 3 saturated heterocycles. The molecule has 0 aliphatic carbocycles. The minimum absolute atomic E-state index is 0.0873. The van der Waals surface area contributed by atoms with Crippen LogP contribution in [0.4, 0.5) is 10.5 Å². The Morgan fingerprint density at radius 3 is 2.88 bits per heavy atom. The maximum Gasteiger partial charge on any atom is 0.319 e. The first-order valence-electron chi connectivity index (χ1n) is 9.23. The number of carbonyl (C=O) groups excluding carboxylic acids is 1. The summed E-state index contributed by atoms with van der Waals surface area (Å²) in [6, 6.07) is 2.34. The standard InChI is InChI=1S/C18H30N4OS/c1-3-21(4-2)11-15-12-22-7-5-14(15)9-17(22)10-19-18(23)20-16-6-8-24-13-16/h6,8,13-15,17H,3-5,7,9-12H2,1-2H3,(H2,19,20,23)/t14-,15-,17+/m0/s1. The average molecular weight is 351 g/mol. The van der Waals surface area contributed by atoms with Crippen LogP contribution in [0.15, 0.2) is 16.8 Å². The maximum atomic E-state index is 12.0. The van der Waals surface area contributed by atoms with Gasteiger partial charge in [-0.05, 0) is 55.8 Å². The first-order valence-corrected chi connectivity index (χ1v) is 10.2. The molecular formula is C18H30N4OS. The third-order valence-electron chi connectivity index (χ3n) is 5.68. The van der Waals surface area contributed by atoms with E-state index in [1.807, 2.05) is 16.8 Å². The van der Waals surface area contributed by atoms with Gasteiger partial charge in [0, 0.05) is 31.1 Å². The molecule has 3 aliphatic rings. The Kier molecular flexibility index (Phi) is 6.14. The van der Waals surface area contributed by atoms with Crippen molar-refractivity contribution in [1.82, 2.24) is 15.1 Å². The van der Waals surface area contributed by atoms with Crippen LogP contribution in [0.2, 0.25) is 0 Å². The van der Waals surface area contributed by atoms with Gasteiger partial charge in [0.25, 0.3) is 0 Å². The van der Waals surface area contributed by atoms with E-state index in [0.717, 1.165) is 37.2 Å². The van der Waals surface area contributed by atoms with Gasteiger partial charge in [0.1, 0.15) is 0 Å². The number of hydrogen-bond donors (Lipinski definition) is 2. The molecule has 5 nitrogen and oxygen atoms in total. The topological polar surface area (TPSA) is 47.6 Å². The number of fused-ring (bicyclic) bond motifs is 3. The number of anilines is 1. The maximum absolute atomic E-state index is 12.0.